The second kappa shape index (κ2) is 8.30. The van der Waals surface area contributed by atoms with Crippen molar-refractivity contribution in [1.82, 2.24) is 14.9 Å². The molecule has 2 heterocycles. The van der Waals surface area contributed by atoms with Crippen molar-refractivity contribution >= 4 is 29.9 Å². The molecule has 1 aromatic heterocycles. The van der Waals surface area contributed by atoms with Crippen molar-refractivity contribution in [1.29, 1.82) is 0 Å². The van der Waals surface area contributed by atoms with Gasteiger partial charge < -0.3 is 19.5 Å². The van der Waals surface area contributed by atoms with Gasteiger partial charge in [0.25, 0.3) is 0 Å². The normalized spacial score (nSPS) is 14.1. The summed E-state index contributed by atoms with van der Waals surface area (Å²) in [6.07, 6.45) is -0.309. The number of ether oxygens (including phenoxy) is 1. The zero-order valence-corrected chi connectivity index (χ0v) is 16.2. The first-order valence-corrected chi connectivity index (χ1v) is 9.29. The van der Waals surface area contributed by atoms with Gasteiger partial charge in [0.2, 0.25) is 0 Å². The maximum Gasteiger partial charge on any atom is 0.409 e. The van der Waals surface area contributed by atoms with E-state index >= 15 is 0 Å². The fourth-order valence-corrected chi connectivity index (χ4v) is 3.41. The van der Waals surface area contributed by atoms with Crippen LogP contribution in [0.1, 0.15) is 24.2 Å². The SMILES string of the molecule is CCOC(=O)N1CCN(c2[nH]c(-c3ccccc3)nc(=S)c2C(C)=O)CC1. The number of anilines is 1. The average Bonchev–Trinajstić information content (AvgIpc) is 2.68. The highest BCUT2D eigenvalue weighted by molar-refractivity contribution is 7.71. The Morgan fingerprint density at radius 2 is 1.85 bits per heavy atom. The van der Waals surface area contributed by atoms with E-state index in [-0.39, 0.29) is 16.5 Å². The maximum atomic E-state index is 12.2. The number of piperazine rings is 1. The standard InChI is InChI=1S/C19H22N4O3S/c1-3-26-19(25)23-11-9-22(10-12-23)17-15(13(2)24)18(27)21-16(20-17)14-7-5-4-6-8-14/h4-8H,3,9-12H2,1-2H3,(H,20,21,27). The molecule has 7 nitrogen and oxygen atoms in total. The molecule has 1 N–H and O–H groups in total. The smallest absolute Gasteiger partial charge is 0.409 e. The number of rotatable bonds is 4. The molecule has 0 saturated carbocycles. The van der Waals surface area contributed by atoms with Gasteiger partial charge in [-0.2, -0.15) is 0 Å². The minimum absolute atomic E-state index is 0.133. The van der Waals surface area contributed by atoms with Crippen molar-refractivity contribution < 1.29 is 14.3 Å². The van der Waals surface area contributed by atoms with E-state index in [1.807, 2.05) is 35.2 Å². The molecule has 1 saturated heterocycles. The molecule has 1 amide bonds. The van der Waals surface area contributed by atoms with Gasteiger partial charge in [-0.25, -0.2) is 9.78 Å². The van der Waals surface area contributed by atoms with Crippen LogP contribution in [-0.2, 0) is 4.74 Å². The summed E-state index contributed by atoms with van der Waals surface area (Å²) < 4.78 is 5.34. The van der Waals surface area contributed by atoms with Crippen molar-refractivity contribution in [3.8, 4) is 11.4 Å². The molecule has 3 rings (SSSR count). The molecule has 2 aromatic rings. The summed E-state index contributed by atoms with van der Waals surface area (Å²) in [6, 6.07) is 9.64. The van der Waals surface area contributed by atoms with Crippen LogP contribution < -0.4 is 4.90 Å². The summed E-state index contributed by atoms with van der Waals surface area (Å²) in [6.45, 7) is 5.80. The summed E-state index contributed by atoms with van der Waals surface area (Å²) in [5.74, 6) is 1.14. The number of hydrogen-bond donors (Lipinski definition) is 1. The molecular formula is C19H22N4O3S. The van der Waals surface area contributed by atoms with Crippen LogP contribution in [0.25, 0.3) is 11.4 Å². The highest BCUT2D eigenvalue weighted by Crippen LogP contribution is 2.25. The molecule has 1 fully saturated rings. The molecule has 142 valence electrons. The van der Waals surface area contributed by atoms with Crippen LogP contribution in [0.15, 0.2) is 30.3 Å². The lowest BCUT2D eigenvalue weighted by Gasteiger charge is -2.35. The monoisotopic (exact) mass is 386 g/mol. The second-order valence-corrected chi connectivity index (χ2v) is 6.60. The van der Waals surface area contributed by atoms with Crippen LogP contribution in [0.2, 0.25) is 0 Å². The number of nitrogens with zero attached hydrogens (tertiary/aromatic N) is 3. The fraction of sp³-hybridized carbons (Fsp3) is 0.368. The highest BCUT2D eigenvalue weighted by Gasteiger charge is 2.26. The predicted molar refractivity (Wildman–Crippen MR) is 106 cm³/mol. The molecule has 27 heavy (non-hydrogen) atoms. The molecule has 0 aliphatic carbocycles. The zero-order chi connectivity index (χ0) is 19.4. The van der Waals surface area contributed by atoms with Crippen molar-refractivity contribution in [3.05, 3.63) is 40.5 Å². The molecule has 1 aliphatic heterocycles. The van der Waals surface area contributed by atoms with E-state index in [0.717, 1.165) is 5.56 Å². The lowest BCUT2D eigenvalue weighted by Crippen LogP contribution is -2.49. The first-order chi connectivity index (χ1) is 13.0. The van der Waals surface area contributed by atoms with Crippen LogP contribution in [0, 0.1) is 4.64 Å². The van der Waals surface area contributed by atoms with Crippen LogP contribution in [-0.4, -0.2) is 59.5 Å². The molecule has 1 aromatic carbocycles. The van der Waals surface area contributed by atoms with E-state index in [1.54, 1.807) is 11.8 Å². The summed E-state index contributed by atoms with van der Waals surface area (Å²) in [4.78, 5) is 35.5. The molecule has 0 unspecified atom stereocenters. The van der Waals surface area contributed by atoms with E-state index < -0.39 is 0 Å². The van der Waals surface area contributed by atoms with Crippen molar-refractivity contribution in [2.75, 3.05) is 37.7 Å². The van der Waals surface area contributed by atoms with Crippen molar-refractivity contribution in [2.45, 2.75) is 13.8 Å². The van der Waals surface area contributed by atoms with Crippen LogP contribution in [0.3, 0.4) is 0 Å². The van der Waals surface area contributed by atoms with Crippen LogP contribution in [0.5, 0.6) is 0 Å². The number of aromatic amines is 1. The second-order valence-electron chi connectivity index (χ2n) is 6.21. The highest BCUT2D eigenvalue weighted by atomic mass is 32.1. The number of Topliss-reactive ketones (excluding diaryl/α,β-unsaturated/α-hetero) is 1. The summed E-state index contributed by atoms with van der Waals surface area (Å²) in [5.41, 5.74) is 1.30. The minimum Gasteiger partial charge on any atom is -0.450 e. The van der Waals surface area contributed by atoms with Gasteiger partial charge in [0.05, 0.1) is 12.2 Å². The Hall–Kier alpha value is -2.74. The minimum atomic E-state index is -0.309. The molecule has 0 atom stereocenters. The van der Waals surface area contributed by atoms with Gasteiger partial charge in [-0.15, -0.1) is 0 Å². The molecule has 1 aliphatic rings. The third kappa shape index (κ3) is 4.16. The fourth-order valence-electron chi connectivity index (χ4n) is 3.08. The van der Waals surface area contributed by atoms with Gasteiger partial charge in [-0.3, -0.25) is 4.79 Å². The van der Waals surface area contributed by atoms with E-state index in [4.69, 9.17) is 17.0 Å². The Kier molecular flexibility index (Phi) is 5.85. The molecule has 8 heteroatoms. The topological polar surface area (TPSA) is 78.5 Å². The lowest BCUT2D eigenvalue weighted by atomic mass is 10.1. The number of amides is 1. The van der Waals surface area contributed by atoms with Gasteiger partial charge in [-0.05, 0) is 13.8 Å². The predicted octanol–water partition coefficient (Wildman–Crippen LogP) is 3.29. The lowest BCUT2D eigenvalue weighted by molar-refractivity contribution is 0.101. The van der Waals surface area contributed by atoms with Gasteiger partial charge in [0, 0.05) is 31.7 Å². The molecule has 0 spiro atoms. The number of hydrogen-bond acceptors (Lipinski definition) is 6. The molecule has 0 bridgehead atoms. The maximum absolute atomic E-state index is 12.2. The first kappa shape index (κ1) is 19.0. The largest absolute Gasteiger partial charge is 0.450 e. The van der Waals surface area contributed by atoms with Gasteiger partial charge >= 0.3 is 6.09 Å². The van der Waals surface area contributed by atoms with Gasteiger partial charge in [0.15, 0.2) is 5.78 Å². The Morgan fingerprint density at radius 3 is 2.44 bits per heavy atom. The molecular weight excluding hydrogens is 364 g/mol. The van der Waals surface area contributed by atoms with Gasteiger partial charge in [0.1, 0.15) is 16.3 Å². The summed E-state index contributed by atoms with van der Waals surface area (Å²) in [5, 5.41) is 0. The third-order valence-corrected chi connectivity index (χ3v) is 4.72. The third-order valence-electron chi connectivity index (χ3n) is 4.42. The van der Waals surface area contributed by atoms with E-state index in [1.165, 1.54) is 6.92 Å². The number of benzene rings is 1. The van der Waals surface area contributed by atoms with Crippen molar-refractivity contribution in [3.63, 3.8) is 0 Å². The first-order valence-electron chi connectivity index (χ1n) is 8.88. The summed E-state index contributed by atoms with van der Waals surface area (Å²) >= 11 is 5.41. The summed E-state index contributed by atoms with van der Waals surface area (Å²) in [7, 11) is 0. The van der Waals surface area contributed by atoms with E-state index in [2.05, 4.69) is 9.97 Å². The van der Waals surface area contributed by atoms with Crippen LogP contribution in [0.4, 0.5) is 10.6 Å². The van der Waals surface area contributed by atoms with E-state index in [9.17, 15) is 9.59 Å². The molecule has 0 radical (unpaired) electrons. The number of nitrogens with one attached hydrogen (secondary N) is 1. The average molecular weight is 386 g/mol. The number of aromatic nitrogens is 2. The number of carbonyl (C=O) groups is 2. The quantitative estimate of drug-likeness (QED) is 0.642. The van der Waals surface area contributed by atoms with E-state index in [0.29, 0.717) is 50.0 Å². The van der Waals surface area contributed by atoms with Gasteiger partial charge in [-0.1, -0.05) is 42.5 Å². The zero-order valence-electron chi connectivity index (χ0n) is 15.4. The Morgan fingerprint density at radius 1 is 1.19 bits per heavy atom. The number of ketones is 1. The van der Waals surface area contributed by atoms with Crippen molar-refractivity contribution in [2.24, 2.45) is 0 Å². The Labute approximate surface area is 163 Å². The number of H-pyrrole nitrogens is 1. The Bertz CT molecular complexity index is 890. The Balaban J connectivity index is 1.92. The van der Waals surface area contributed by atoms with Crippen LogP contribution >= 0.6 is 12.2 Å². The number of carbonyl (C=O) groups excluding carboxylic acids is 2.